The number of benzene rings is 1. The van der Waals surface area contributed by atoms with Gasteiger partial charge >= 0.3 is 5.97 Å². The Morgan fingerprint density at radius 2 is 2.11 bits per heavy atom. The van der Waals surface area contributed by atoms with Gasteiger partial charge < -0.3 is 10.0 Å². The number of carboxylic acids is 1. The third kappa shape index (κ3) is 2.33. The van der Waals surface area contributed by atoms with Crippen LogP contribution in [0.25, 0.3) is 0 Å². The van der Waals surface area contributed by atoms with Crippen molar-refractivity contribution in [2.45, 2.75) is 19.1 Å². The fraction of sp³-hybridized carbons (Fsp3) is 0.385. The van der Waals surface area contributed by atoms with Crippen LogP contribution in [-0.4, -0.2) is 39.6 Å². The Morgan fingerprint density at radius 1 is 1.32 bits per heavy atom. The lowest BCUT2D eigenvalue weighted by Crippen LogP contribution is -2.42. The van der Waals surface area contributed by atoms with Gasteiger partial charge in [0, 0.05) is 24.7 Å². The predicted octanol–water partition coefficient (Wildman–Crippen LogP) is 0.889. The van der Waals surface area contributed by atoms with Crippen LogP contribution in [0.1, 0.15) is 21.5 Å². The van der Waals surface area contributed by atoms with E-state index in [0.29, 0.717) is 13.1 Å². The summed E-state index contributed by atoms with van der Waals surface area (Å²) in [5.74, 6) is 0.811. The van der Waals surface area contributed by atoms with Gasteiger partial charge in [-0.05, 0) is 23.3 Å². The molecule has 0 saturated carbocycles. The van der Waals surface area contributed by atoms with E-state index in [9.17, 15) is 9.59 Å². The second-order valence-electron chi connectivity index (χ2n) is 4.75. The molecule has 1 amide bonds. The Labute approximate surface area is 115 Å². The fourth-order valence-electron chi connectivity index (χ4n) is 2.46. The van der Waals surface area contributed by atoms with Gasteiger partial charge in [0.25, 0.3) is 0 Å². The van der Waals surface area contributed by atoms with Crippen LogP contribution in [-0.2, 0) is 17.9 Å². The predicted molar refractivity (Wildman–Crippen MR) is 71.9 cm³/mol. The van der Waals surface area contributed by atoms with Gasteiger partial charge in [-0.1, -0.05) is 6.07 Å². The van der Waals surface area contributed by atoms with Crippen molar-refractivity contribution in [1.29, 1.82) is 0 Å². The molecule has 2 heterocycles. The molecule has 2 aliphatic rings. The first-order valence-electron chi connectivity index (χ1n) is 6.10. The Morgan fingerprint density at radius 3 is 2.79 bits per heavy atom. The van der Waals surface area contributed by atoms with Crippen LogP contribution in [0.4, 0.5) is 0 Å². The lowest BCUT2D eigenvalue weighted by atomic mass is 10.1. The van der Waals surface area contributed by atoms with Gasteiger partial charge in [-0.2, -0.15) is 0 Å². The maximum atomic E-state index is 12.3. The molecule has 0 spiro atoms. The molecular formula is C13H14N2O3S. The first kappa shape index (κ1) is 12.5. The molecule has 1 unspecified atom stereocenters. The molecule has 5 nitrogen and oxygen atoms in total. The minimum Gasteiger partial charge on any atom is -0.478 e. The molecule has 0 radical (unpaired) electrons. The second kappa shape index (κ2) is 4.86. The van der Waals surface area contributed by atoms with E-state index in [2.05, 4.69) is 5.32 Å². The van der Waals surface area contributed by atoms with Gasteiger partial charge in [0.15, 0.2) is 0 Å². The summed E-state index contributed by atoms with van der Waals surface area (Å²) in [4.78, 5) is 25.0. The average molecular weight is 278 g/mol. The third-order valence-corrected chi connectivity index (χ3v) is 4.44. The van der Waals surface area contributed by atoms with Crippen molar-refractivity contribution in [2.24, 2.45) is 0 Å². The highest BCUT2D eigenvalue weighted by Gasteiger charge is 2.31. The Bertz CT molecular complexity index is 541. The number of nitrogens with zero attached hydrogens (tertiary/aromatic N) is 1. The van der Waals surface area contributed by atoms with Crippen LogP contribution in [0.15, 0.2) is 18.2 Å². The second-order valence-corrected chi connectivity index (χ2v) is 5.79. The van der Waals surface area contributed by atoms with Gasteiger partial charge in [-0.15, -0.1) is 11.8 Å². The molecule has 3 rings (SSSR count). The summed E-state index contributed by atoms with van der Waals surface area (Å²) in [5.41, 5.74) is 2.27. The van der Waals surface area contributed by atoms with Crippen LogP contribution in [0, 0.1) is 0 Å². The summed E-state index contributed by atoms with van der Waals surface area (Å²) >= 11 is 1.72. The van der Waals surface area contributed by atoms with E-state index in [1.54, 1.807) is 28.8 Å². The summed E-state index contributed by atoms with van der Waals surface area (Å²) < 4.78 is 0. The van der Waals surface area contributed by atoms with Gasteiger partial charge in [0.05, 0.1) is 11.6 Å². The lowest BCUT2D eigenvalue weighted by molar-refractivity contribution is -0.133. The molecule has 2 N–H and O–H groups in total. The molecule has 6 heteroatoms. The number of carbonyl (C=O) groups is 2. The molecular weight excluding hydrogens is 264 g/mol. The number of carboxylic acid groups (broad SMARTS) is 1. The van der Waals surface area contributed by atoms with Gasteiger partial charge in [-0.3, -0.25) is 10.1 Å². The molecule has 2 aliphatic heterocycles. The number of carbonyl (C=O) groups excluding carboxylic acids is 1. The highest BCUT2D eigenvalue weighted by Crippen LogP contribution is 2.25. The number of hydrogen-bond donors (Lipinski definition) is 2. The summed E-state index contributed by atoms with van der Waals surface area (Å²) in [5, 5.41) is 12.1. The van der Waals surface area contributed by atoms with E-state index in [1.807, 2.05) is 6.07 Å². The van der Waals surface area contributed by atoms with Crippen LogP contribution in [0.3, 0.4) is 0 Å². The number of amides is 1. The van der Waals surface area contributed by atoms with Gasteiger partial charge in [0.1, 0.15) is 0 Å². The number of fused-ring (bicyclic) bond motifs is 1. The maximum Gasteiger partial charge on any atom is 0.335 e. The zero-order valence-corrected chi connectivity index (χ0v) is 11.1. The van der Waals surface area contributed by atoms with E-state index in [0.717, 1.165) is 22.8 Å². The van der Waals surface area contributed by atoms with Crippen molar-refractivity contribution in [3.63, 3.8) is 0 Å². The Kier molecular flexibility index (Phi) is 3.20. The van der Waals surface area contributed by atoms with Gasteiger partial charge in [-0.25, -0.2) is 4.79 Å². The lowest BCUT2D eigenvalue weighted by Gasteiger charge is -2.19. The minimum atomic E-state index is -0.929. The topological polar surface area (TPSA) is 69.6 Å². The van der Waals surface area contributed by atoms with Crippen LogP contribution < -0.4 is 5.32 Å². The molecule has 1 atom stereocenters. The molecule has 0 bridgehead atoms. The number of rotatable bonds is 2. The van der Waals surface area contributed by atoms with Crippen molar-refractivity contribution in [3.8, 4) is 0 Å². The van der Waals surface area contributed by atoms with Crippen LogP contribution >= 0.6 is 11.8 Å². The summed E-state index contributed by atoms with van der Waals surface area (Å²) in [6, 6.07) is 4.97. The first-order valence-corrected chi connectivity index (χ1v) is 7.25. The number of thioether (sulfide) groups is 1. The zero-order chi connectivity index (χ0) is 13.4. The van der Waals surface area contributed by atoms with Gasteiger partial charge in [0.2, 0.25) is 5.91 Å². The standard InChI is InChI=1S/C13H14N2O3S/c16-12(11-6-19-7-14-11)15-4-9-2-1-8(13(17)18)3-10(9)5-15/h1-3,11,14H,4-7H2,(H,17,18). The highest BCUT2D eigenvalue weighted by molar-refractivity contribution is 7.99. The van der Waals surface area contributed by atoms with Crippen molar-refractivity contribution < 1.29 is 14.7 Å². The number of hydrogen-bond acceptors (Lipinski definition) is 4. The van der Waals surface area contributed by atoms with E-state index < -0.39 is 5.97 Å². The van der Waals surface area contributed by atoms with Crippen LogP contribution in [0.2, 0.25) is 0 Å². The van der Waals surface area contributed by atoms with E-state index >= 15 is 0 Å². The molecule has 19 heavy (non-hydrogen) atoms. The van der Waals surface area contributed by atoms with E-state index in [-0.39, 0.29) is 17.5 Å². The largest absolute Gasteiger partial charge is 0.478 e. The Hall–Kier alpha value is -1.53. The molecule has 0 aromatic heterocycles. The maximum absolute atomic E-state index is 12.3. The van der Waals surface area contributed by atoms with Crippen molar-refractivity contribution in [2.75, 3.05) is 11.6 Å². The molecule has 100 valence electrons. The smallest absolute Gasteiger partial charge is 0.335 e. The molecule has 1 aromatic rings. The Balaban J connectivity index is 1.76. The number of aromatic carboxylic acids is 1. The van der Waals surface area contributed by atoms with Crippen molar-refractivity contribution in [3.05, 3.63) is 34.9 Å². The SMILES string of the molecule is O=C(O)c1ccc2c(c1)CN(C(=O)C1CSCN1)C2. The minimum absolute atomic E-state index is 0.0988. The molecule has 1 aromatic carbocycles. The molecule has 0 aliphatic carbocycles. The quantitative estimate of drug-likeness (QED) is 0.841. The molecule has 1 saturated heterocycles. The normalized spacial score (nSPS) is 21.5. The van der Waals surface area contributed by atoms with E-state index in [1.165, 1.54) is 0 Å². The summed E-state index contributed by atoms with van der Waals surface area (Å²) in [7, 11) is 0. The zero-order valence-electron chi connectivity index (χ0n) is 10.3. The monoisotopic (exact) mass is 278 g/mol. The highest BCUT2D eigenvalue weighted by atomic mass is 32.2. The fourth-order valence-corrected chi connectivity index (χ4v) is 3.39. The summed E-state index contributed by atoms with van der Waals surface area (Å²) in [6.45, 7) is 1.09. The average Bonchev–Trinajstić information content (AvgIpc) is 3.06. The third-order valence-electron chi connectivity index (χ3n) is 3.50. The van der Waals surface area contributed by atoms with Crippen molar-refractivity contribution in [1.82, 2.24) is 10.2 Å². The summed E-state index contributed by atoms with van der Waals surface area (Å²) in [6.07, 6.45) is 0. The van der Waals surface area contributed by atoms with Crippen LogP contribution in [0.5, 0.6) is 0 Å². The first-order chi connectivity index (χ1) is 9.15. The van der Waals surface area contributed by atoms with Crippen molar-refractivity contribution >= 4 is 23.6 Å². The van der Waals surface area contributed by atoms with E-state index in [4.69, 9.17) is 5.11 Å². The molecule has 1 fully saturated rings. The number of nitrogens with one attached hydrogen (secondary N) is 1.